The van der Waals surface area contributed by atoms with E-state index < -0.39 is 5.69 Å². The van der Waals surface area contributed by atoms with Crippen molar-refractivity contribution in [1.29, 1.82) is 0 Å². The van der Waals surface area contributed by atoms with Gasteiger partial charge in [-0.15, -0.1) is 11.3 Å². The molecule has 0 fully saturated rings. The van der Waals surface area contributed by atoms with Crippen LogP contribution in [0.25, 0.3) is 5.00 Å². The lowest BCUT2D eigenvalue weighted by Gasteiger charge is -2.11. The second kappa shape index (κ2) is 6.44. The molecule has 2 aromatic rings. The van der Waals surface area contributed by atoms with Crippen molar-refractivity contribution in [2.45, 2.75) is 19.5 Å². The van der Waals surface area contributed by atoms with Gasteiger partial charge in [-0.1, -0.05) is 0 Å². The van der Waals surface area contributed by atoms with Crippen molar-refractivity contribution >= 4 is 17.2 Å². The number of carbonyl (C=O) groups is 1. The van der Waals surface area contributed by atoms with E-state index in [1.807, 2.05) is 18.4 Å². The maximum atomic E-state index is 12.0. The average molecular weight is 297 g/mol. The van der Waals surface area contributed by atoms with Crippen molar-refractivity contribution in [2.24, 2.45) is 0 Å². The molecule has 0 aliphatic rings. The van der Waals surface area contributed by atoms with Gasteiger partial charge in [-0.05, 0) is 34.9 Å². The van der Waals surface area contributed by atoms with Gasteiger partial charge in [-0.25, -0.2) is 4.79 Å². The van der Waals surface area contributed by atoms with Crippen molar-refractivity contribution < 1.29 is 9.53 Å². The van der Waals surface area contributed by atoms with E-state index in [-0.39, 0.29) is 18.5 Å². The van der Waals surface area contributed by atoms with E-state index in [1.54, 1.807) is 13.2 Å². The Kier molecular flexibility index (Phi) is 4.64. The summed E-state index contributed by atoms with van der Waals surface area (Å²) in [5, 5.41) is 12.6. The van der Waals surface area contributed by atoms with Crippen LogP contribution in [0.2, 0.25) is 0 Å². The summed E-state index contributed by atoms with van der Waals surface area (Å²) in [4.78, 5) is 23.8. The molecule has 1 unspecified atom stereocenters. The van der Waals surface area contributed by atoms with Gasteiger partial charge in [-0.3, -0.25) is 4.79 Å². The third-order valence-corrected chi connectivity index (χ3v) is 3.32. The van der Waals surface area contributed by atoms with Gasteiger partial charge in [-0.2, -0.15) is 9.36 Å². The Balaban J connectivity index is 2.04. The van der Waals surface area contributed by atoms with E-state index in [2.05, 4.69) is 15.7 Å². The largest absolute Gasteiger partial charge is 0.383 e. The molecule has 0 aliphatic heterocycles. The minimum atomic E-state index is -0.443. The minimum Gasteiger partial charge on any atom is -0.383 e. The summed E-state index contributed by atoms with van der Waals surface area (Å²) in [5.41, 5.74) is -0.443. The van der Waals surface area contributed by atoms with Crippen molar-refractivity contribution in [2.75, 3.05) is 13.7 Å². The normalized spacial score (nSPS) is 12.3. The van der Waals surface area contributed by atoms with E-state index in [0.717, 1.165) is 9.36 Å². The maximum absolute atomic E-state index is 12.0. The number of tetrazole rings is 1. The molecule has 20 heavy (non-hydrogen) atoms. The molecule has 9 heteroatoms. The molecule has 2 rings (SSSR count). The lowest BCUT2D eigenvalue weighted by Crippen LogP contribution is -2.39. The van der Waals surface area contributed by atoms with Crippen molar-refractivity contribution in [3.8, 4) is 5.00 Å². The van der Waals surface area contributed by atoms with Crippen LogP contribution < -0.4 is 11.0 Å². The molecule has 0 aliphatic carbocycles. The standard InChI is InChI=1S/C11H15N5O3S/c1-8(7-19-2)12-9(17)6-15-11(18)16(14-13-15)10-4-3-5-20-10/h3-5,8H,6-7H2,1-2H3,(H,12,17). The van der Waals surface area contributed by atoms with Crippen LogP contribution in [0, 0.1) is 0 Å². The Morgan fingerprint density at radius 3 is 3.00 bits per heavy atom. The van der Waals surface area contributed by atoms with Crippen molar-refractivity contribution in [3.63, 3.8) is 0 Å². The fourth-order valence-corrected chi connectivity index (χ4v) is 2.32. The van der Waals surface area contributed by atoms with E-state index >= 15 is 0 Å². The molecule has 0 saturated carbocycles. The summed E-state index contributed by atoms with van der Waals surface area (Å²) in [6.07, 6.45) is 0. The molecule has 1 atom stereocenters. The van der Waals surface area contributed by atoms with Gasteiger partial charge in [0.25, 0.3) is 0 Å². The second-order valence-electron chi connectivity index (χ2n) is 4.21. The lowest BCUT2D eigenvalue weighted by atomic mass is 10.3. The number of hydrogen-bond donors (Lipinski definition) is 1. The summed E-state index contributed by atoms with van der Waals surface area (Å²) >= 11 is 1.37. The number of carbonyl (C=O) groups excluding carboxylic acids is 1. The van der Waals surface area contributed by atoms with Gasteiger partial charge in [0.1, 0.15) is 11.5 Å². The third kappa shape index (κ3) is 3.31. The van der Waals surface area contributed by atoms with E-state index in [0.29, 0.717) is 11.6 Å². The lowest BCUT2D eigenvalue weighted by molar-refractivity contribution is -0.122. The first-order valence-electron chi connectivity index (χ1n) is 5.97. The molecule has 0 aromatic carbocycles. The Morgan fingerprint density at radius 1 is 1.55 bits per heavy atom. The number of nitrogens with one attached hydrogen (secondary N) is 1. The number of rotatable bonds is 6. The highest BCUT2D eigenvalue weighted by Crippen LogP contribution is 2.10. The smallest absolute Gasteiger partial charge is 0.369 e. The zero-order valence-corrected chi connectivity index (χ0v) is 12.0. The number of amides is 1. The van der Waals surface area contributed by atoms with Crippen LogP contribution in [-0.4, -0.2) is 45.5 Å². The highest BCUT2D eigenvalue weighted by Gasteiger charge is 2.14. The molecule has 2 heterocycles. The van der Waals surface area contributed by atoms with Crippen molar-refractivity contribution in [3.05, 3.63) is 28.0 Å². The fraction of sp³-hybridized carbons (Fsp3) is 0.455. The highest BCUT2D eigenvalue weighted by atomic mass is 32.1. The van der Waals surface area contributed by atoms with E-state index in [1.165, 1.54) is 11.3 Å². The van der Waals surface area contributed by atoms with Crippen LogP contribution in [0.5, 0.6) is 0 Å². The van der Waals surface area contributed by atoms with Crippen molar-refractivity contribution in [1.82, 2.24) is 25.1 Å². The summed E-state index contributed by atoms with van der Waals surface area (Å²) < 4.78 is 7.10. The third-order valence-electron chi connectivity index (χ3n) is 2.47. The van der Waals surface area contributed by atoms with Crippen LogP contribution in [0.4, 0.5) is 0 Å². The Morgan fingerprint density at radius 2 is 2.35 bits per heavy atom. The first-order valence-corrected chi connectivity index (χ1v) is 6.84. The molecule has 2 aromatic heterocycles. The van der Waals surface area contributed by atoms with Gasteiger partial charge in [0, 0.05) is 13.2 Å². The molecule has 1 N–H and O–H groups in total. The first kappa shape index (κ1) is 14.4. The summed E-state index contributed by atoms with van der Waals surface area (Å²) in [6, 6.07) is 3.44. The molecular weight excluding hydrogens is 282 g/mol. The number of thiophene rings is 1. The van der Waals surface area contributed by atoms with Crippen LogP contribution >= 0.6 is 11.3 Å². The predicted octanol–water partition coefficient (Wildman–Crippen LogP) is -0.358. The van der Waals surface area contributed by atoms with Crippen LogP contribution in [0.15, 0.2) is 22.3 Å². The van der Waals surface area contributed by atoms with Gasteiger partial charge < -0.3 is 10.1 Å². The van der Waals surface area contributed by atoms with Gasteiger partial charge in [0.05, 0.1) is 6.61 Å². The molecule has 0 radical (unpaired) electrons. The zero-order valence-electron chi connectivity index (χ0n) is 11.1. The number of aromatic nitrogens is 4. The quantitative estimate of drug-likeness (QED) is 0.786. The maximum Gasteiger partial charge on any atom is 0.369 e. The highest BCUT2D eigenvalue weighted by molar-refractivity contribution is 7.12. The summed E-state index contributed by atoms with van der Waals surface area (Å²) in [5.74, 6) is -0.310. The number of methoxy groups -OCH3 is 1. The number of ether oxygens (including phenoxy) is 1. The van der Waals surface area contributed by atoms with Crippen LogP contribution in [-0.2, 0) is 16.1 Å². The average Bonchev–Trinajstić information content (AvgIpc) is 3.00. The molecule has 0 saturated heterocycles. The Bertz CT molecular complexity index is 618. The molecule has 0 spiro atoms. The second-order valence-corrected chi connectivity index (χ2v) is 5.13. The number of hydrogen-bond acceptors (Lipinski definition) is 6. The molecule has 1 amide bonds. The molecule has 108 valence electrons. The zero-order chi connectivity index (χ0) is 14.5. The van der Waals surface area contributed by atoms with E-state index in [4.69, 9.17) is 4.74 Å². The SMILES string of the molecule is COCC(C)NC(=O)Cn1nnn(-c2cccs2)c1=O. The van der Waals surface area contributed by atoms with Crippen LogP contribution in [0.1, 0.15) is 6.92 Å². The molecular formula is C11H15N5O3S. The summed E-state index contributed by atoms with van der Waals surface area (Å²) in [6.45, 7) is 2.05. The Hall–Kier alpha value is -2.00. The predicted molar refractivity (Wildman–Crippen MR) is 73.0 cm³/mol. The minimum absolute atomic E-state index is 0.129. The summed E-state index contributed by atoms with van der Waals surface area (Å²) in [7, 11) is 1.56. The van der Waals surface area contributed by atoms with Gasteiger partial charge >= 0.3 is 5.69 Å². The topological polar surface area (TPSA) is 91.0 Å². The monoisotopic (exact) mass is 297 g/mol. The first-order chi connectivity index (χ1) is 9.61. The number of nitrogens with zero attached hydrogens (tertiary/aromatic N) is 4. The Labute approximate surface area is 118 Å². The molecule has 0 bridgehead atoms. The van der Waals surface area contributed by atoms with E-state index in [9.17, 15) is 9.59 Å². The van der Waals surface area contributed by atoms with Crippen LogP contribution in [0.3, 0.4) is 0 Å². The molecule has 8 nitrogen and oxygen atoms in total. The van der Waals surface area contributed by atoms with Gasteiger partial charge in [0.2, 0.25) is 5.91 Å². The van der Waals surface area contributed by atoms with Gasteiger partial charge in [0.15, 0.2) is 0 Å². The fourth-order valence-electron chi connectivity index (χ4n) is 1.65.